The van der Waals surface area contributed by atoms with Crippen molar-refractivity contribution < 1.29 is 4.79 Å². The highest BCUT2D eigenvalue weighted by molar-refractivity contribution is 7.14. The molecule has 1 heterocycles. The average molecular weight is 198 g/mol. The standard InChI is InChI=1S/C9H14N2OS/c1-6(12)11-8-7(9(2,3)4)10-5-13-8/h5H,1-4H3,(H,11,12). The lowest BCUT2D eigenvalue weighted by Crippen LogP contribution is -2.16. The van der Waals surface area contributed by atoms with Crippen LogP contribution in [0.4, 0.5) is 5.00 Å². The fourth-order valence-electron chi connectivity index (χ4n) is 1.03. The van der Waals surface area contributed by atoms with Crippen molar-refractivity contribution >= 4 is 22.2 Å². The summed E-state index contributed by atoms with van der Waals surface area (Å²) in [6, 6.07) is 0. The van der Waals surface area contributed by atoms with E-state index >= 15 is 0 Å². The first-order valence-corrected chi connectivity index (χ1v) is 5.01. The summed E-state index contributed by atoms with van der Waals surface area (Å²) < 4.78 is 0. The van der Waals surface area contributed by atoms with Crippen LogP contribution in [0.3, 0.4) is 0 Å². The molecule has 4 heteroatoms. The number of aromatic nitrogens is 1. The topological polar surface area (TPSA) is 42.0 Å². The largest absolute Gasteiger partial charge is 0.316 e. The third kappa shape index (κ3) is 2.52. The van der Waals surface area contributed by atoms with Gasteiger partial charge in [-0.2, -0.15) is 0 Å². The van der Waals surface area contributed by atoms with Crippen LogP contribution in [0.25, 0.3) is 0 Å². The molecule has 13 heavy (non-hydrogen) atoms. The molecule has 1 rings (SSSR count). The first-order chi connectivity index (χ1) is 5.91. The van der Waals surface area contributed by atoms with Crippen LogP contribution in [0.1, 0.15) is 33.4 Å². The molecule has 0 saturated carbocycles. The van der Waals surface area contributed by atoms with Crippen LogP contribution in [0, 0.1) is 0 Å². The van der Waals surface area contributed by atoms with E-state index in [4.69, 9.17) is 0 Å². The minimum absolute atomic E-state index is 0.0161. The van der Waals surface area contributed by atoms with Gasteiger partial charge in [0.25, 0.3) is 0 Å². The maximum absolute atomic E-state index is 10.9. The van der Waals surface area contributed by atoms with Crippen molar-refractivity contribution in [3.05, 3.63) is 11.2 Å². The molecule has 72 valence electrons. The van der Waals surface area contributed by atoms with Crippen molar-refractivity contribution in [2.75, 3.05) is 5.32 Å². The van der Waals surface area contributed by atoms with E-state index in [1.54, 1.807) is 5.51 Å². The van der Waals surface area contributed by atoms with Gasteiger partial charge in [0.2, 0.25) is 5.91 Å². The molecular formula is C9H14N2OS. The zero-order valence-electron chi connectivity index (χ0n) is 8.34. The van der Waals surface area contributed by atoms with Crippen LogP contribution in [0.15, 0.2) is 5.51 Å². The van der Waals surface area contributed by atoms with E-state index in [-0.39, 0.29) is 11.3 Å². The second-order valence-electron chi connectivity index (χ2n) is 3.96. The van der Waals surface area contributed by atoms with E-state index in [0.717, 1.165) is 10.7 Å². The van der Waals surface area contributed by atoms with Crippen LogP contribution in [0.2, 0.25) is 0 Å². The Labute approximate surface area is 82.2 Å². The summed E-state index contributed by atoms with van der Waals surface area (Å²) in [6.45, 7) is 7.74. The Morgan fingerprint density at radius 1 is 1.54 bits per heavy atom. The van der Waals surface area contributed by atoms with Gasteiger partial charge in [0, 0.05) is 12.3 Å². The van der Waals surface area contributed by atoms with E-state index in [9.17, 15) is 4.79 Å². The second kappa shape index (κ2) is 3.46. The second-order valence-corrected chi connectivity index (χ2v) is 4.82. The van der Waals surface area contributed by atoms with E-state index < -0.39 is 0 Å². The maximum atomic E-state index is 10.9. The number of amides is 1. The molecule has 0 saturated heterocycles. The number of carbonyl (C=O) groups excluding carboxylic acids is 1. The van der Waals surface area contributed by atoms with Gasteiger partial charge in [-0.15, -0.1) is 11.3 Å². The van der Waals surface area contributed by atoms with Crippen LogP contribution in [-0.4, -0.2) is 10.9 Å². The first kappa shape index (κ1) is 10.2. The highest BCUT2D eigenvalue weighted by Crippen LogP contribution is 2.31. The highest BCUT2D eigenvalue weighted by Gasteiger charge is 2.21. The Balaban J connectivity index is 2.96. The number of rotatable bonds is 1. The average Bonchev–Trinajstić information content (AvgIpc) is 2.31. The van der Waals surface area contributed by atoms with Crippen molar-refractivity contribution in [3.63, 3.8) is 0 Å². The first-order valence-electron chi connectivity index (χ1n) is 4.13. The number of nitrogens with zero attached hydrogens (tertiary/aromatic N) is 1. The third-order valence-corrected chi connectivity index (χ3v) is 2.31. The lowest BCUT2D eigenvalue weighted by atomic mass is 9.92. The molecule has 1 aromatic heterocycles. The summed E-state index contributed by atoms with van der Waals surface area (Å²) in [5.41, 5.74) is 2.69. The Bertz CT molecular complexity index is 312. The quantitative estimate of drug-likeness (QED) is 0.753. The summed E-state index contributed by atoms with van der Waals surface area (Å²) >= 11 is 1.46. The Morgan fingerprint density at radius 3 is 2.62 bits per heavy atom. The van der Waals surface area contributed by atoms with Crippen LogP contribution in [-0.2, 0) is 10.2 Å². The SMILES string of the molecule is CC(=O)Nc1scnc1C(C)(C)C. The summed E-state index contributed by atoms with van der Waals surface area (Å²) in [6.07, 6.45) is 0. The fourth-order valence-corrected chi connectivity index (χ4v) is 1.97. The summed E-state index contributed by atoms with van der Waals surface area (Å²) in [5.74, 6) is -0.0465. The van der Waals surface area contributed by atoms with Gasteiger partial charge in [0.05, 0.1) is 11.2 Å². The molecule has 0 aliphatic heterocycles. The van der Waals surface area contributed by atoms with Crippen molar-refractivity contribution in [3.8, 4) is 0 Å². The lowest BCUT2D eigenvalue weighted by molar-refractivity contribution is -0.114. The van der Waals surface area contributed by atoms with Gasteiger partial charge >= 0.3 is 0 Å². The molecule has 0 radical (unpaired) electrons. The van der Waals surface area contributed by atoms with Gasteiger partial charge in [-0.1, -0.05) is 20.8 Å². The number of anilines is 1. The third-order valence-electron chi connectivity index (χ3n) is 1.57. The molecular weight excluding hydrogens is 184 g/mol. The molecule has 0 aliphatic rings. The monoisotopic (exact) mass is 198 g/mol. The van der Waals surface area contributed by atoms with E-state index in [2.05, 4.69) is 31.1 Å². The van der Waals surface area contributed by atoms with Crippen molar-refractivity contribution in [2.45, 2.75) is 33.1 Å². The van der Waals surface area contributed by atoms with Crippen molar-refractivity contribution in [1.82, 2.24) is 4.98 Å². The summed E-state index contributed by atoms with van der Waals surface area (Å²) in [4.78, 5) is 15.1. The minimum atomic E-state index is -0.0465. The molecule has 0 bridgehead atoms. The molecule has 0 atom stereocenters. The number of hydrogen-bond donors (Lipinski definition) is 1. The lowest BCUT2D eigenvalue weighted by Gasteiger charge is -2.17. The zero-order valence-corrected chi connectivity index (χ0v) is 9.16. The molecule has 0 fully saturated rings. The van der Waals surface area contributed by atoms with Gasteiger partial charge in [-0.05, 0) is 0 Å². The molecule has 1 amide bonds. The number of hydrogen-bond acceptors (Lipinski definition) is 3. The Kier molecular flexibility index (Phi) is 2.71. The predicted octanol–water partition coefficient (Wildman–Crippen LogP) is 2.40. The maximum Gasteiger partial charge on any atom is 0.221 e. The van der Waals surface area contributed by atoms with Gasteiger partial charge in [0.1, 0.15) is 5.00 Å². The van der Waals surface area contributed by atoms with Gasteiger partial charge in [-0.3, -0.25) is 4.79 Å². The molecule has 0 aliphatic carbocycles. The normalized spacial score (nSPS) is 11.4. The summed E-state index contributed by atoms with van der Waals surface area (Å²) in [7, 11) is 0. The molecule has 0 spiro atoms. The van der Waals surface area contributed by atoms with E-state index in [1.807, 2.05) is 0 Å². The molecule has 1 N–H and O–H groups in total. The smallest absolute Gasteiger partial charge is 0.221 e. The minimum Gasteiger partial charge on any atom is -0.316 e. The van der Waals surface area contributed by atoms with Crippen molar-refractivity contribution in [1.29, 1.82) is 0 Å². The number of thiazole rings is 1. The van der Waals surface area contributed by atoms with Gasteiger partial charge in [-0.25, -0.2) is 4.98 Å². The molecule has 3 nitrogen and oxygen atoms in total. The number of nitrogens with one attached hydrogen (secondary N) is 1. The van der Waals surface area contributed by atoms with Crippen LogP contribution >= 0.6 is 11.3 Å². The Morgan fingerprint density at radius 2 is 2.15 bits per heavy atom. The molecule has 0 unspecified atom stereocenters. The Hall–Kier alpha value is -0.900. The van der Waals surface area contributed by atoms with E-state index in [0.29, 0.717) is 0 Å². The van der Waals surface area contributed by atoms with Crippen molar-refractivity contribution in [2.24, 2.45) is 0 Å². The zero-order chi connectivity index (χ0) is 10.1. The van der Waals surface area contributed by atoms with Gasteiger partial charge < -0.3 is 5.32 Å². The van der Waals surface area contributed by atoms with E-state index in [1.165, 1.54) is 18.3 Å². The predicted molar refractivity (Wildman–Crippen MR) is 55.1 cm³/mol. The fraction of sp³-hybridized carbons (Fsp3) is 0.556. The molecule has 1 aromatic rings. The highest BCUT2D eigenvalue weighted by atomic mass is 32.1. The van der Waals surface area contributed by atoms with Crippen LogP contribution in [0.5, 0.6) is 0 Å². The van der Waals surface area contributed by atoms with Gasteiger partial charge in [0.15, 0.2) is 0 Å². The van der Waals surface area contributed by atoms with Crippen LogP contribution < -0.4 is 5.32 Å². The summed E-state index contributed by atoms with van der Waals surface area (Å²) in [5, 5.41) is 3.64. The molecule has 0 aromatic carbocycles. The number of carbonyl (C=O) groups is 1.